The summed E-state index contributed by atoms with van der Waals surface area (Å²) in [6.07, 6.45) is 2.12. The quantitative estimate of drug-likeness (QED) is 0.796. The van der Waals surface area contributed by atoms with Crippen LogP contribution >= 0.6 is 0 Å². The van der Waals surface area contributed by atoms with Crippen LogP contribution in [0, 0.1) is 0 Å². The fourth-order valence-electron chi connectivity index (χ4n) is 2.29. The Morgan fingerprint density at radius 1 is 1.44 bits per heavy atom. The average molecular weight is 250 g/mol. The van der Waals surface area contributed by atoms with Crippen molar-refractivity contribution < 1.29 is 19.2 Å². The van der Waals surface area contributed by atoms with E-state index in [-0.39, 0.29) is 12.1 Å². The maximum absolute atomic E-state index is 12.0. The first-order valence-electron chi connectivity index (χ1n) is 6.35. The monoisotopic (exact) mass is 250 g/mol. The largest absolute Gasteiger partial charge is 0.497 e. The molecule has 0 radical (unpaired) electrons. The molecule has 4 nitrogen and oxygen atoms in total. The summed E-state index contributed by atoms with van der Waals surface area (Å²) in [5.74, 6) is 0.421. The van der Waals surface area contributed by atoms with Gasteiger partial charge in [-0.2, -0.15) is 0 Å². The summed E-state index contributed by atoms with van der Waals surface area (Å²) in [5.41, 5.74) is 0.553. The highest BCUT2D eigenvalue weighted by atomic mass is 16.5. The van der Waals surface area contributed by atoms with Gasteiger partial charge in [0.15, 0.2) is 6.10 Å². The fourth-order valence-corrected chi connectivity index (χ4v) is 2.29. The Morgan fingerprint density at radius 3 is 3.00 bits per heavy atom. The number of hydrogen-bond donors (Lipinski definition) is 1. The van der Waals surface area contributed by atoms with Gasteiger partial charge in [-0.25, -0.2) is 4.79 Å². The Kier molecular flexibility index (Phi) is 4.20. The van der Waals surface area contributed by atoms with E-state index < -0.39 is 0 Å². The van der Waals surface area contributed by atoms with Gasteiger partial charge in [0.1, 0.15) is 12.3 Å². The molecule has 1 aliphatic rings. The lowest BCUT2D eigenvalue weighted by Gasteiger charge is -2.26. The molecule has 4 heteroatoms. The zero-order valence-electron chi connectivity index (χ0n) is 10.9. The number of esters is 1. The van der Waals surface area contributed by atoms with Crippen molar-refractivity contribution in [1.82, 2.24) is 0 Å². The van der Waals surface area contributed by atoms with Crippen molar-refractivity contribution in [1.29, 1.82) is 0 Å². The highest BCUT2D eigenvalue weighted by Gasteiger charge is 2.24. The van der Waals surface area contributed by atoms with E-state index in [0.717, 1.165) is 25.9 Å². The molecule has 1 unspecified atom stereocenters. The van der Waals surface area contributed by atoms with Gasteiger partial charge in [0.2, 0.25) is 0 Å². The zero-order valence-corrected chi connectivity index (χ0v) is 10.9. The van der Waals surface area contributed by atoms with Crippen LogP contribution in [0.4, 0.5) is 0 Å². The molecule has 1 N–H and O–H groups in total. The van der Waals surface area contributed by atoms with E-state index in [4.69, 9.17) is 9.47 Å². The predicted octanol–water partition coefficient (Wildman–Crippen LogP) is 0.529. The standard InChI is InChI=1S/C14H19NO3/c1-15-8-4-7-13(10-15)18-14(16)11-5-3-6-12(9-11)17-2/h3,5-6,9,13H,4,7-8,10H2,1-2H3/p+1/t13-/m1/s1. The molecule has 1 aromatic rings. The van der Waals surface area contributed by atoms with Gasteiger partial charge >= 0.3 is 5.97 Å². The molecule has 1 aromatic carbocycles. The summed E-state index contributed by atoms with van der Waals surface area (Å²) >= 11 is 0. The van der Waals surface area contributed by atoms with Crippen LogP contribution in [0.3, 0.4) is 0 Å². The maximum atomic E-state index is 12.0. The molecule has 0 bridgehead atoms. The van der Waals surface area contributed by atoms with Gasteiger partial charge in [0, 0.05) is 6.42 Å². The second-order valence-electron chi connectivity index (χ2n) is 4.81. The average Bonchev–Trinajstić information content (AvgIpc) is 2.39. The smallest absolute Gasteiger partial charge is 0.338 e. The molecule has 1 aliphatic heterocycles. The molecule has 18 heavy (non-hydrogen) atoms. The summed E-state index contributed by atoms with van der Waals surface area (Å²) in [5, 5.41) is 0. The highest BCUT2D eigenvalue weighted by Crippen LogP contribution is 2.15. The Bertz CT molecular complexity index is 419. The van der Waals surface area contributed by atoms with Gasteiger partial charge in [-0.15, -0.1) is 0 Å². The number of hydrogen-bond acceptors (Lipinski definition) is 3. The SMILES string of the molecule is COc1cccc(C(=O)O[C@@H]2CCC[NH+](C)C2)c1. The molecule has 0 aromatic heterocycles. The third kappa shape index (κ3) is 3.23. The topological polar surface area (TPSA) is 40.0 Å². The first-order valence-corrected chi connectivity index (χ1v) is 6.35. The molecule has 2 rings (SSSR count). The van der Waals surface area contributed by atoms with Gasteiger partial charge in [0.25, 0.3) is 0 Å². The fraction of sp³-hybridized carbons (Fsp3) is 0.500. The second-order valence-corrected chi connectivity index (χ2v) is 4.81. The number of carbonyl (C=O) groups is 1. The summed E-state index contributed by atoms with van der Waals surface area (Å²) in [6.45, 7) is 2.06. The Hall–Kier alpha value is -1.55. The van der Waals surface area contributed by atoms with Crippen LogP contribution in [0.15, 0.2) is 24.3 Å². The van der Waals surface area contributed by atoms with Crippen LogP contribution in [0.2, 0.25) is 0 Å². The van der Waals surface area contributed by atoms with Crippen LogP contribution in [0.25, 0.3) is 0 Å². The van der Waals surface area contributed by atoms with Crippen molar-refractivity contribution in [3.05, 3.63) is 29.8 Å². The van der Waals surface area contributed by atoms with E-state index in [2.05, 4.69) is 7.05 Å². The van der Waals surface area contributed by atoms with Crippen molar-refractivity contribution in [3.8, 4) is 5.75 Å². The lowest BCUT2D eigenvalue weighted by molar-refractivity contribution is -0.888. The van der Waals surface area contributed by atoms with Gasteiger partial charge in [0.05, 0.1) is 26.3 Å². The molecular formula is C14H20NO3+. The minimum absolute atomic E-state index is 0.0393. The molecule has 98 valence electrons. The van der Waals surface area contributed by atoms with Crippen LogP contribution in [-0.2, 0) is 4.74 Å². The van der Waals surface area contributed by atoms with Crippen molar-refractivity contribution in [2.45, 2.75) is 18.9 Å². The van der Waals surface area contributed by atoms with Crippen LogP contribution in [0.1, 0.15) is 23.2 Å². The normalized spacial score (nSPS) is 23.4. The van der Waals surface area contributed by atoms with E-state index in [1.807, 2.05) is 6.07 Å². The molecule has 0 aliphatic carbocycles. The molecule has 1 fully saturated rings. The summed E-state index contributed by atoms with van der Waals surface area (Å²) in [7, 11) is 3.72. The Morgan fingerprint density at radius 2 is 2.28 bits per heavy atom. The summed E-state index contributed by atoms with van der Waals surface area (Å²) in [4.78, 5) is 13.4. The van der Waals surface area contributed by atoms with Crippen LogP contribution < -0.4 is 9.64 Å². The number of rotatable bonds is 3. The second kappa shape index (κ2) is 5.87. The van der Waals surface area contributed by atoms with E-state index in [1.54, 1.807) is 25.3 Å². The number of likely N-dealkylation sites (N-methyl/N-ethyl adjacent to an activating group) is 1. The molecule has 0 spiro atoms. The van der Waals surface area contributed by atoms with Crippen molar-refractivity contribution >= 4 is 5.97 Å². The molecule has 1 heterocycles. The van der Waals surface area contributed by atoms with Gasteiger partial charge in [-0.3, -0.25) is 0 Å². The number of likely N-dealkylation sites (tertiary alicyclic amines) is 1. The number of nitrogens with one attached hydrogen (secondary N) is 1. The zero-order chi connectivity index (χ0) is 13.0. The third-order valence-electron chi connectivity index (χ3n) is 3.28. The maximum Gasteiger partial charge on any atom is 0.338 e. The van der Waals surface area contributed by atoms with Gasteiger partial charge in [-0.05, 0) is 24.6 Å². The first-order chi connectivity index (χ1) is 8.69. The molecule has 2 atom stereocenters. The number of quaternary nitrogens is 1. The molecule has 0 saturated carbocycles. The lowest BCUT2D eigenvalue weighted by atomic mass is 10.1. The number of benzene rings is 1. The van der Waals surface area contributed by atoms with Crippen molar-refractivity contribution in [2.24, 2.45) is 0 Å². The first kappa shape index (κ1) is 12.9. The Balaban J connectivity index is 1.98. The van der Waals surface area contributed by atoms with Crippen molar-refractivity contribution in [3.63, 3.8) is 0 Å². The number of carbonyl (C=O) groups excluding carboxylic acids is 1. The summed E-state index contributed by atoms with van der Waals surface area (Å²) in [6, 6.07) is 7.08. The number of ether oxygens (including phenoxy) is 2. The third-order valence-corrected chi connectivity index (χ3v) is 3.28. The Labute approximate surface area is 107 Å². The molecule has 1 saturated heterocycles. The van der Waals surface area contributed by atoms with E-state index >= 15 is 0 Å². The van der Waals surface area contributed by atoms with E-state index in [0.29, 0.717) is 11.3 Å². The van der Waals surface area contributed by atoms with Crippen LogP contribution in [-0.4, -0.2) is 39.3 Å². The van der Waals surface area contributed by atoms with Crippen molar-refractivity contribution in [2.75, 3.05) is 27.2 Å². The van der Waals surface area contributed by atoms with E-state index in [9.17, 15) is 4.79 Å². The minimum atomic E-state index is -0.256. The lowest BCUT2D eigenvalue weighted by Crippen LogP contribution is -3.11. The number of piperidine rings is 1. The van der Waals surface area contributed by atoms with Crippen LogP contribution in [0.5, 0.6) is 5.75 Å². The highest BCUT2D eigenvalue weighted by molar-refractivity contribution is 5.89. The number of methoxy groups -OCH3 is 1. The molecule has 0 amide bonds. The van der Waals surface area contributed by atoms with Gasteiger partial charge < -0.3 is 14.4 Å². The molecular weight excluding hydrogens is 230 g/mol. The minimum Gasteiger partial charge on any atom is -0.497 e. The van der Waals surface area contributed by atoms with E-state index in [1.165, 1.54) is 4.90 Å². The predicted molar refractivity (Wildman–Crippen MR) is 68.1 cm³/mol. The summed E-state index contributed by atoms with van der Waals surface area (Å²) < 4.78 is 10.6. The van der Waals surface area contributed by atoms with Gasteiger partial charge in [-0.1, -0.05) is 6.07 Å².